The summed E-state index contributed by atoms with van der Waals surface area (Å²) in [6, 6.07) is 0. The Bertz CT molecular complexity index is 244. The molecule has 0 aromatic rings. The molecule has 2 fully saturated rings. The number of carbonyl (C=O) groups excluding carboxylic acids is 1. The van der Waals surface area contributed by atoms with E-state index in [4.69, 9.17) is 4.74 Å². The second-order valence-corrected chi connectivity index (χ2v) is 5.69. The first kappa shape index (κ1) is 9.04. The van der Waals surface area contributed by atoms with E-state index in [-0.39, 0.29) is 17.5 Å². The van der Waals surface area contributed by atoms with Crippen LogP contribution in [0.15, 0.2) is 0 Å². The van der Waals surface area contributed by atoms with Crippen LogP contribution in [0.2, 0.25) is 0 Å². The van der Waals surface area contributed by atoms with Crippen molar-refractivity contribution in [2.75, 3.05) is 0 Å². The topological polar surface area (TPSA) is 26.3 Å². The third-order valence-electron chi connectivity index (χ3n) is 3.56. The molecule has 0 bridgehead atoms. The summed E-state index contributed by atoms with van der Waals surface area (Å²) in [6.45, 7) is 6.78. The van der Waals surface area contributed by atoms with Crippen LogP contribution in [0.1, 0.15) is 46.5 Å². The molecule has 1 aliphatic heterocycles. The number of carbonyl (C=O) groups is 1. The fourth-order valence-corrected chi connectivity index (χ4v) is 3.07. The van der Waals surface area contributed by atoms with Crippen molar-refractivity contribution in [1.82, 2.24) is 0 Å². The maximum Gasteiger partial charge on any atom is 0.306 e. The lowest BCUT2D eigenvalue weighted by atomic mass is 9.63. The summed E-state index contributed by atoms with van der Waals surface area (Å²) in [5, 5.41) is 0. The van der Waals surface area contributed by atoms with Gasteiger partial charge in [-0.2, -0.15) is 0 Å². The maximum absolute atomic E-state index is 11.2. The van der Waals surface area contributed by atoms with Gasteiger partial charge >= 0.3 is 5.97 Å². The van der Waals surface area contributed by atoms with Crippen molar-refractivity contribution in [3.63, 3.8) is 0 Å². The largest absolute Gasteiger partial charge is 0.462 e. The summed E-state index contributed by atoms with van der Waals surface area (Å²) >= 11 is 0. The second kappa shape index (κ2) is 2.49. The lowest BCUT2D eigenvalue weighted by Gasteiger charge is -2.42. The molecule has 1 heterocycles. The molecule has 0 radical (unpaired) electrons. The van der Waals surface area contributed by atoms with E-state index in [1.807, 2.05) is 0 Å². The van der Waals surface area contributed by atoms with Gasteiger partial charge in [-0.3, -0.25) is 4.79 Å². The van der Waals surface area contributed by atoms with Gasteiger partial charge in [0.25, 0.3) is 0 Å². The lowest BCUT2D eigenvalue weighted by molar-refractivity contribution is -0.143. The zero-order valence-corrected chi connectivity index (χ0v) is 8.72. The van der Waals surface area contributed by atoms with Crippen LogP contribution < -0.4 is 0 Å². The molecule has 2 rings (SSSR count). The van der Waals surface area contributed by atoms with Crippen molar-refractivity contribution in [3.05, 3.63) is 0 Å². The van der Waals surface area contributed by atoms with Gasteiger partial charge in [0.2, 0.25) is 0 Å². The van der Waals surface area contributed by atoms with Crippen LogP contribution in [0, 0.1) is 10.8 Å². The Hall–Kier alpha value is -0.530. The molecule has 13 heavy (non-hydrogen) atoms. The van der Waals surface area contributed by atoms with Crippen LogP contribution in [-0.2, 0) is 9.53 Å². The Morgan fingerprint density at radius 3 is 2.77 bits per heavy atom. The molecule has 2 heteroatoms. The quantitative estimate of drug-likeness (QED) is 0.538. The molecule has 0 N–H and O–H groups in total. The average Bonchev–Trinajstić information content (AvgIpc) is 2.20. The molecule has 1 saturated heterocycles. The highest BCUT2D eigenvalue weighted by Crippen LogP contribution is 2.52. The first-order chi connectivity index (χ1) is 5.91. The molecule has 2 atom stereocenters. The van der Waals surface area contributed by atoms with E-state index >= 15 is 0 Å². The van der Waals surface area contributed by atoms with Crippen molar-refractivity contribution in [2.45, 2.75) is 52.6 Å². The molecule has 0 aromatic heterocycles. The third kappa shape index (κ3) is 1.47. The summed E-state index contributed by atoms with van der Waals surface area (Å²) in [5.41, 5.74) is 0.512. The Kier molecular flexibility index (Phi) is 1.73. The Balaban J connectivity index is 2.20. The zero-order chi connectivity index (χ0) is 9.69. The van der Waals surface area contributed by atoms with Gasteiger partial charge in [-0.1, -0.05) is 20.8 Å². The van der Waals surface area contributed by atoms with Crippen LogP contribution in [-0.4, -0.2) is 12.1 Å². The fourth-order valence-electron chi connectivity index (χ4n) is 3.07. The molecule has 2 unspecified atom stereocenters. The van der Waals surface area contributed by atoms with E-state index in [2.05, 4.69) is 20.8 Å². The normalized spacial score (nSPS) is 42.7. The van der Waals surface area contributed by atoms with Gasteiger partial charge in [0, 0.05) is 5.41 Å². The average molecular weight is 182 g/mol. The number of esters is 1. The van der Waals surface area contributed by atoms with E-state index in [0.29, 0.717) is 11.8 Å². The molecule has 0 amide bonds. The number of rotatable bonds is 0. The summed E-state index contributed by atoms with van der Waals surface area (Å²) < 4.78 is 5.32. The predicted molar refractivity (Wildman–Crippen MR) is 50.2 cm³/mol. The van der Waals surface area contributed by atoms with Crippen molar-refractivity contribution >= 4 is 5.97 Å². The second-order valence-electron chi connectivity index (χ2n) is 5.69. The molecular formula is C11H18O2. The van der Waals surface area contributed by atoms with Crippen molar-refractivity contribution in [1.29, 1.82) is 0 Å². The van der Waals surface area contributed by atoms with Gasteiger partial charge in [-0.05, 0) is 24.7 Å². The first-order valence-corrected chi connectivity index (χ1v) is 5.11. The Morgan fingerprint density at radius 2 is 2.08 bits per heavy atom. The van der Waals surface area contributed by atoms with Crippen molar-refractivity contribution < 1.29 is 9.53 Å². The summed E-state index contributed by atoms with van der Waals surface area (Å²) in [5.74, 6) is 0.00481. The van der Waals surface area contributed by atoms with E-state index < -0.39 is 0 Å². The van der Waals surface area contributed by atoms with Crippen LogP contribution in [0.3, 0.4) is 0 Å². The van der Waals surface area contributed by atoms with Gasteiger partial charge in [-0.15, -0.1) is 0 Å². The minimum absolute atomic E-state index is 0.00481. The molecular weight excluding hydrogens is 164 g/mol. The SMILES string of the molecule is CC1(C)CCC2OC(=O)CC2(C)C1. The number of hydrogen-bond donors (Lipinski definition) is 0. The van der Waals surface area contributed by atoms with Gasteiger partial charge < -0.3 is 4.74 Å². The Labute approximate surface area is 79.7 Å². The zero-order valence-electron chi connectivity index (χ0n) is 8.72. The third-order valence-corrected chi connectivity index (χ3v) is 3.56. The van der Waals surface area contributed by atoms with Crippen LogP contribution in [0.4, 0.5) is 0 Å². The molecule has 2 nitrogen and oxygen atoms in total. The van der Waals surface area contributed by atoms with E-state index in [9.17, 15) is 4.79 Å². The van der Waals surface area contributed by atoms with Crippen LogP contribution in [0.5, 0.6) is 0 Å². The predicted octanol–water partition coefficient (Wildman–Crippen LogP) is 2.52. The standard InChI is InChI=1S/C11H18O2/c1-10(2)5-4-8-11(3,7-10)6-9(12)13-8/h8H,4-7H2,1-3H3. The highest BCUT2D eigenvalue weighted by atomic mass is 16.6. The smallest absolute Gasteiger partial charge is 0.306 e. The molecule has 74 valence electrons. The number of ether oxygens (including phenoxy) is 1. The fraction of sp³-hybridized carbons (Fsp3) is 0.909. The maximum atomic E-state index is 11.2. The van der Waals surface area contributed by atoms with Crippen molar-refractivity contribution in [2.24, 2.45) is 10.8 Å². The van der Waals surface area contributed by atoms with Gasteiger partial charge in [-0.25, -0.2) is 0 Å². The monoisotopic (exact) mass is 182 g/mol. The summed E-state index contributed by atoms with van der Waals surface area (Å²) in [7, 11) is 0. The van der Waals surface area contributed by atoms with Gasteiger partial charge in [0.1, 0.15) is 6.10 Å². The molecule has 0 aromatic carbocycles. The number of fused-ring (bicyclic) bond motifs is 1. The van der Waals surface area contributed by atoms with Crippen LogP contribution >= 0.6 is 0 Å². The molecule has 1 saturated carbocycles. The van der Waals surface area contributed by atoms with Gasteiger partial charge in [0.05, 0.1) is 6.42 Å². The summed E-state index contributed by atoms with van der Waals surface area (Å²) in [4.78, 5) is 11.2. The molecule has 1 aliphatic carbocycles. The lowest BCUT2D eigenvalue weighted by Crippen LogP contribution is -2.38. The number of hydrogen-bond acceptors (Lipinski definition) is 2. The minimum atomic E-state index is 0.00481. The van der Waals surface area contributed by atoms with E-state index in [0.717, 1.165) is 12.8 Å². The summed E-state index contributed by atoms with van der Waals surface area (Å²) in [6.07, 6.45) is 4.18. The minimum Gasteiger partial charge on any atom is -0.462 e. The van der Waals surface area contributed by atoms with Crippen LogP contribution in [0.25, 0.3) is 0 Å². The molecule has 0 spiro atoms. The van der Waals surface area contributed by atoms with Gasteiger partial charge in [0.15, 0.2) is 0 Å². The van der Waals surface area contributed by atoms with Crippen molar-refractivity contribution in [3.8, 4) is 0 Å². The molecule has 2 aliphatic rings. The highest BCUT2D eigenvalue weighted by Gasteiger charge is 2.50. The first-order valence-electron chi connectivity index (χ1n) is 5.11. The van der Waals surface area contributed by atoms with E-state index in [1.165, 1.54) is 6.42 Å². The highest BCUT2D eigenvalue weighted by molar-refractivity contribution is 5.73. The van der Waals surface area contributed by atoms with E-state index in [1.54, 1.807) is 0 Å². The Morgan fingerprint density at radius 1 is 1.38 bits per heavy atom.